The summed E-state index contributed by atoms with van der Waals surface area (Å²) in [5.74, 6) is 0.281. The highest BCUT2D eigenvalue weighted by Crippen LogP contribution is 2.30. The normalized spacial score (nSPS) is 23.6. The fraction of sp³-hybridized carbons (Fsp3) is 0.389. The van der Waals surface area contributed by atoms with E-state index >= 15 is 0 Å². The third-order valence-corrected chi connectivity index (χ3v) is 6.48. The standard InChI is InChI=1S/C18H22N4O2S/c23-25(24)17-7-2-1-6-16(17)20-18(21-25)14-8-11-22(12-9-14)13-15-5-3-4-10-19-15/h1-7,10,14,18,20-21H,8-9,11-13H2/t18-/m1/s1. The van der Waals surface area contributed by atoms with Crippen LogP contribution in [0, 0.1) is 5.92 Å². The fourth-order valence-electron chi connectivity index (χ4n) is 3.63. The molecule has 4 rings (SSSR count). The number of fused-ring (bicyclic) bond motifs is 1. The van der Waals surface area contributed by atoms with Gasteiger partial charge in [0.1, 0.15) is 4.90 Å². The highest BCUT2D eigenvalue weighted by atomic mass is 32.2. The van der Waals surface area contributed by atoms with E-state index in [-0.39, 0.29) is 12.1 Å². The van der Waals surface area contributed by atoms with Crippen molar-refractivity contribution in [2.45, 2.75) is 30.4 Å². The molecule has 1 aromatic carbocycles. The van der Waals surface area contributed by atoms with Crippen molar-refractivity contribution in [3.8, 4) is 0 Å². The van der Waals surface area contributed by atoms with E-state index in [2.05, 4.69) is 19.9 Å². The van der Waals surface area contributed by atoms with Crippen LogP contribution in [-0.4, -0.2) is 37.6 Å². The molecule has 0 bridgehead atoms. The fourth-order valence-corrected chi connectivity index (χ4v) is 5.01. The molecular weight excluding hydrogens is 336 g/mol. The lowest BCUT2D eigenvalue weighted by Crippen LogP contribution is -2.51. The zero-order valence-corrected chi connectivity index (χ0v) is 14.7. The molecule has 0 unspecified atom stereocenters. The van der Waals surface area contributed by atoms with Crippen molar-refractivity contribution < 1.29 is 8.42 Å². The number of likely N-dealkylation sites (tertiary alicyclic amines) is 1. The van der Waals surface area contributed by atoms with Gasteiger partial charge in [0.25, 0.3) is 0 Å². The first-order valence-corrected chi connectivity index (χ1v) is 10.1. The van der Waals surface area contributed by atoms with Gasteiger partial charge < -0.3 is 5.32 Å². The molecule has 2 aliphatic heterocycles. The average molecular weight is 358 g/mol. The van der Waals surface area contributed by atoms with E-state index in [1.807, 2.05) is 36.5 Å². The van der Waals surface area contributed by atoms with Crippen LogP contribution in [0.2, 0.25) is 0 Å². The maximum Gasteiger partial charge on any atom is 0.244 e. The first kappa shape index (κ1) is 16.5. The summed E-state index contributed by atoms with van der Waals surface area (Å²) in [4.78, 5) is 7.09. The van der Waals surface area contributed by atoms with Crippen molar-refractivity contribution in [1.82, 2.24) is 14.6 Å². The van der Waals surface area contributed by atoms with Crippen LogP contribution in [0.3, 0.4) is 0 Å². The second-order valence-corrected chi connectivity index (χ2v) is 8.36. The van der Waals surface area contributed by atoms with Gasteiger partial charge in [-0.25, -0.2) is 8.42 Å². The van der Waals surface area contributed by atoms with Crippen molar-refractivity contribution in [3.63, 3.8) is 0 Å². The molecule has 1 fully saturated rings. The summed E-state index contributed by atoms with van der Waals surface area (Å²) in [6.45, 7) is 2.74. The molecule has 7 heteroatoms. The van der Waals surface area contributed by atoms with Crippen LogP contribution in [0.15, 0.2) is 53.6 Å². The summed E-state index contributed by atoms with van der Waals surface area (Å²) in [5.41, 5.74) is 1.77. The first-order valence-electron chi connectivity index (χ1n) is 8.62. The number of nitrogens with zero attached hydrogens (tertiary/aromatic N) is 2. The molecule has 2 aliphatic rings. The quantitative estimate of drug-likeness (QED) is 0.878. The molecule has 2 aromatic rings. The molecule has 0 spiro atoms. The maximum atomic E-state index is 12.5. The van der Waals surface area contributed by atoms with Gasteiger partial charge in [-0.05, 0) is 56.1 Å². The van der Waals surface area contributed by atoms with Crippen LogP contribution in [0.4, 0.5) is 5.69 Å². The lowest BCUT2D eigenvalue weighted by Gasteiger charge is -2.38. The number of hydrogen-bond acceptors (Lipinski definition) is 5. The molecule has 25 heavy (non-hydrogen) atoms. The molecule has 132 valence electrons. The number of benzene rings is 1. The second kappa shape index (κ2) is 6.74. The molecule has 1 atom stereocenters. The van der Waals surface area contributed by atoms with E-state index in [1.54, 1.807) is 12.1 Å². The molecule has 2 N–H and O–H groups in total. The monoisotopic (exact) mass is 358 g/mol. The summed E-state index contributed by atoms with van der Waals surface area (Å²) in [6.07, 6.45) is 3.49. The molecule has 0 radical (unpaired) electrons. The number of pyridine rings is 1. The number of nitrogens with one attached hydrogen (secondary N) is 2. The molecule has 1 saturated heterocycles. The Bertz CT molecular complexity index is 833. The molecule has 0 amide bonds. The summed E-state index contributed by atoms with van der Waals surface area (Å²) in [5, 5.41) is 3.37. The van der Waals surface area contributed by atoms with Crippen LogP contribution >= 0.6 is 0 Å². The third kappa shape index (κ3) is 3.53. The lowest BCUT2D eigenvalue weighted by molar-refractivity contribution is 0.162. The molecular formula is C18H22N4O2S. The summed E-state index contributed by atoms with van der Waals surface area (Å²) >= 11 is 0. The van der Waals surface area contributed by atoms with Crippen molar-refractivity contribution in [1.29, 1.82) is 0 Å². The Balaban J connectivity index is 1.40. The van der Waals surface area contributed by atoms with Gasteiger partial charge in [0.15, 0.2) is 0 Å². The van der Waals surface area contributed by atoms with E-state index in [9.17, 15) is 8.42 Å². The van der Waals surface area contributed by atoms with Crippen LogP contribution in [0.1, 0.15) is 18.5 Å². The Labute approximate surface area is 148 Å². The first-order chi connectivity index (χ1) is 12.1. The predicted molar refractivity (Wildman–Crippen MR) is 96.4 cm³/mol. The SMILES string of the molecule is O=S1(=O)N[C@H](C2CCN(Cc3ccccn3)CC2)Nc2ccccc21. The van der Waals surface area contributed by atoms with Gasteiger partial charge in [0, 0.05) is 12.7 Å². The van der Waals surface area contributed by atoms with Gasteiger partial charge in [-0.15, -0.1) is 0 Å². The Hall–Kier alpha value is -1.96. The van der Waals surface area contributed by atoms with Gasteiger partial charge >= 0.3 is 0 Å². The van der Waals surface area contributed by atoms with Gasteiger partial charge in [-0.2, -0.15) is 4.72 Å². The van der Waals surface area contributed by atoms with Crippen LogP contribution < -0.4 is 10.0 Å². The zero-order chi connectivity index (χ0) is 17.3. The Morgan fingerprint density at radius 2 is 1.84 bits per heavy atom. The minimum atomic E-state index is -3.44. The average Bonchev–Trinajstić information content (AvgIpc) is 2.63. The number of piperidine rings is 1. The number of aromatic nitrogens is 1. The van der Waals surface area contributed by atoms with Crippen molar-refractivity contribution in [3.05, 3.63) is 54.4 Å². The molecule has 1 aromatic heterocycles. The number of sulfonamides is 1. The van der Waals surface area contributed by atoms with E-state index in [0.29, 0.717) is 10.6 Å². The Morgan fingerprint density at radius 1 is 1.08 bits per heavy atom. The summed E-state index contributed by atoms with van der Waals surface area (Å²) in [6, 6.07) is 13.0. The maximum absolute atomic E-state index is 12.5. The number of para-hydroxylation sites is 1. The Kier molecular flexibility index (Phi) is 4.45. The molecule has 6 nitrogen and oxygen atoms in total. The number of anilines is 1. The smallest absolute Gasteiger partial charge is 0.244 e. The van der Waals surface area contributed by atoms with Gasteiger partial charge in [0.05, 0.1) is 17.5 Å². The highest BCUT2D eigenvalue weighted by molar-refractivity contribution is 7.89. The second-order valence-electron chi connectivity index (χ2n) is 6.67. The Morgan fingerprint density at radius 3 is 2.60 bits per heavy atom. The van der Waals surface area contributed by atoms with Gasteiger partial charge in [0.2, 0.25) is 10.0 Å². The molecule has 0 aliphatic carbocycles. The molecule has 3 heterocycles. The van der Waals surface area contributed by atoms with E-state index in [1.165, 1.54) is 0 Å². The minimum absolute atomic E-state index is 0.239. The summed E-state index contributed by atoms with van der Waals surface area (Å²) < 4.78 is 27.7. The van der Waals surface area contributed by atoms with Crippen molar-refractivity contribution in [2.24, 2.45) is 5.92 Å². The molecule has 0 saturated carbocycles. The van der Waals surface area contributed by atoms with Crippen LogP contribution in [-0.2, 0) is 16.6 Å². The topological polar surface area (TPSA) is 74.3 Å². The van der Waals surface area contributed by atoms with Crippen LogP contribution in [0.5, 0.6) is 0 Å². The number of rotatable bonds is 3. The van der Waals surface area contributed by atoms with Crippen LogP contribution in [0.25, 0.3) is 0 Å². The van der Waals surface area contributed by atoms with Crippen molar-refractivity contribution >= 4 is 15.7 Å². The van der Waals surface area contributed by atoms with Gasteiger partial charge in [-0.3, -0.25) is 9.88 Å². The zero-order valence-electron chi connectivity index (χ0n) is 13.9. The van der Waals surface area contributed by atoms with Gasteiger partial charge in [-0.1, -0.05) is 18.2 Å². The van der Waals surface area contributed by atoms with E-state index < -0.39 is 10.0 Å². The van der Waals surface area contributed by atoms with E-state index in [0.717, 1.165) is 38.2 Å². The van der Waals surface area contributed by atoms with E-state index in [4.69, 9.17) is 0 Å². The largest absolute Gasteiger partial charge is 0.368 e. The lowest BCUT2D eigenvalue weighted by atomic mass is 9.93. The highest BCUT2D eigenvalue weighted by Gasteiger charge is 2.35. The minimum Gasteiger partial charge on any atom is -0.368 e. The third-order valence-electron chi connectivity index (χ3n) is 4.99. The predicted octanol–water partition coefficient (Wildman–Crippen LogP) is 2.02. The summed E-state index contributed by atoms with van der Waals surface area (Å²) in [7, 11) is -3.44. The number of hydrogen-bond donors (Lipinski definition) is 2. The van der Waals surface area contributed by atoms with Crippen molar-refractivity contribution in [2.75, 3.05) is 18.4 Å².